The van der Waals surface area contributed by atoms with Gasteiger partial charge in [0.15, 0.2) is 0 Å². The van der Waals surface area contributed by atoms with Crippen molar-refractivity contribution in [3.63, 3.8) is 0 Å². The summed E-state index contributed by atoms with van der Waals surface area (Å²) in [4.78, 5) is 10.0. The molecule has 3 heteroatoms. The number of hydrogen-bond donors (Lipinski definition) is 2. The number of rotatable bonds is 2. The molecule has 2 nitrogen and oxygen atoms in total. The van der Waals surface area contributed by atoms with Crippen molar-refractivity contribution in [3.8, 4) is 0 Å². The summed E-state index contributed by atoms with van der Waals surface area (Å²) >= 11 is 3.47. The predicted molar refractivity (Wildman–Crippen MR) is 36.9 cm³/mol. The van der Waals surface area contributed by atoms with Crippen LogP contribution in [0.25, 0.3) is 0 Å². The van der Waals surface area contributed by atoms with Crippen molar-refractivity contribution < 1.29 is 4.79 Å². The monoisotopic (exact) mass is 131 g/mol. The second-order valence-electron chi connectivity index (χ2n) is 1.26. The van der Waals surface area contributed by atoms with Crippen LogP contribution >= 0.6 is 12.6 Å². The fourth-order valence-electron chi connectivity index (χ4n) is 0.248. The summed E-state index contributed by atoms with van der Waals surface area (Å²) in [5.74, 6) is 0. The molecule has 0 aromatic carbocycles. The molecule has 46 valence electrons. The second kappa shape index (κ2) is 4.71. The van der Waals surface area contributed by atoms with Crippen LogP contribution < -0.4 is 5.32 Å². The molecule has 0 saturated carbocycles. The lowest BCUT2D eigenvalue weighted by Gasteiger charge is -1.86. The van der Waals surface area contributed by atoms with Crippen molar-refractivity contribution in [1.29, 1.82) is 0 Å². The molecular formula is C5H9NOS. The van der Waals surface area contributed by atoms with Crippen LogP contribution in [0.3, 0.4) is 0 Å². The molecule has 0 unspecified atom stereocenters. The van der Waals surface area contributed by atoms with Crippen LogP contribution in [-0.4, -0.2) is 5.24 Å². The molecule has 0 aliphatic rings. The third-order valence-corrected chi connectivity index (χ3v) is 0.689. The third-order valence-electron chi connectivity index (χ3n) is 0.560. The maximum absolute atomic E-state index is 10.0. The Bertz CT molecular complexity index is 101. The Kier molecular flexibility index (Phi) is 4.45. The van der Waals surface area contributed by atoms with Crippen LogP contribution in [0.4, 0.5) is 4.79 Å². The van der Waals surface area contributed by atoms with E-state index in [9.17, 15) is 4.79 Å². The van der Waals surface area contributed by atoms with Crippen LogP contribution in [-0.2, 0) is 0 Å². The number of hydrogen-bond acceptors (Lipinski definition) is 1. The molecule has 0 aliphatic heterocycles. The molecule has 0 heterocycles. The van der Waals surface area contributed by atoms with E-state index >= 15 is 0 Å². The van der Waals surface area contributed by atoms with Gasteiger partial charge in [-0.3, -0.25) is 4.79 Å². The Morgan fingerprint density at radius 3 is 2.88 bits per heavy atom. The lowest BCUT2D eigenvalue weighted by molar-refractivity contribution is 0.263. The Morgan fingerprint density at radius 2 is 2.50 bits per heavy atom. The summed E-state index contributed by atoms with van der Waals surface area (Å²) in [6.45, 7) is 1.99. The van der Waals surface area contributed by atoms with E-state index in [1.807, 2.05) is 13.0 Å². The molecule has 0 radical (unpaired) electrons. The zero-order valence-electron chi connectivity index (χ0n) is 4.72. The topological polar surface area (TPSA) is 29.1 Å². The van der Waals surface area contributed by atoms with Crippen molar-refractivity contribution in [1.82, 2.24) is 5.32 Å². The number of allylic oxidation sites excluding steroid dienone is 1. The van der Waals surface area contributed by atoms with Crippen LogP contribution in [0.2, 0.25) is 0 Å². The molecular weight excluding hydrogens is 122 g/mol. The summed E-state index contributed by atoms with van der Waals surface area (Å²) in [6.07, 6.45) is 4.34. The molecule has 1 N–H and O–H groups in total. The summed E-state index contributed by atoms with van der Waals surface area (Å²) in [6, 6.07) is 0. The molecule has 1 amide bonds. The molecule has 0 aliphatic carbocycles. The summed E-state index contributed by atoms with van der Waals surface area (Å²) in [5, 5.41) is 2.07. The van der Waals surface area contributed by atoms with Gasteiger partial charge >= 0.3 is 0 Å². The Labute approximate surface area is 54.4 Å². The second-order valence-corrected chi connectivity index (χ2v) is 1.67. The maximum atomic E-state index is 10.0. The number of carbonyl (C=O) groups excluding carboxylic acids is 1. The molecule has 0 aromatic rings. The Morgan fingerprint density at radius 1 is 1.88 bits per heavy atom. The average molecular weight is 131 g/mol. The van der Waals surface area contributed by atoms with Crippen molar-refractivity contribution in [2.75, 3.05) is 0 Å². The van der Waals surface area contributed by atoms with Crippen molar-refractivity contribution in [2.45, 2.75) is 13.3 Å². The third kappa shape index (κ3) is 5.56. The lowest BCUT2D eigenvalue weighted by atomic mass is 10.5. The van der Waals surface area contributed by atoms with Gasteiger partial charge in [0.25, 0.3) is 5.24 Å². The van der Waals surface area contributed by atoms with E-state index in [2.05, 4.69) is 17.9 Å². The average Bonchev–Trinajstić information content (AvgIpc) is 1.66. The summed E-state index contributed by atoms with van der Waals surface area (Å²) < 4.78 is 0. The van der Waals surface area contributed by atoms with Gasteiger partial charge in [0.05, 0.1) is 0 Å². The first kappa shape index (κ1) is 7.56. The summed E-state index contributed by atoms with van der Waals surface area (Å²) in [7, 11) is 0. The first-order valence-corrected chi connectivity index (χ1v) is 2.86. The van der Waals surface area contributed by atoms with Crippen LogP contribution in [0.15, 0.2) is 12.3 Å². The first-order valence-electron chi connectivity index (χ1n) is 2.42. The highest BCUT2D eigenvalue weighted by Crippen LogP contribution is 1.78. The van der Waals surface area contributed by atoms with E-state index in [0.717, 1.165) is 6.42 Å². The molecule has 0 bridgehead atoms. The minimum absolute atomic E-state index is 0.324. The van der Waals surface area contributed by atoms with E-state index in [-0.39, 0.29) is 5.24 Å². The van der Waals surface area contributed by atoms with Gasteiger partial charge in [-0.25, -0.2) is 0 Å². The SMILES string of the molecule is CC/C=C/NC(=O)S. The Balaban J connectivity index is 3.16. The minimum Gasteiger partial charge on any atom is -0.324 e. The molecule has 0 atom stereocenters. The smallest absolute Gasteiger partial charge is 0.279 e. The highest BCUT2D eigenvalue weighted by Gasteiger charge is 1.79. The molecule has 0 aromatic heterocycles. The van der Waals surface area contributed by atoms with Crippen molar-refractivity contribution in [2.24, 2.45) is 0 Å². The van der Waals surface area contributed by atoms with E-state index < -0.39 is 0 Å². The zero-order valence-corrected chi connectivity index (χ0v) is 5.61. The van der Waals surface area contributed by atoms with E-state index in [0.29, 0.717) is 0 Å². The first-order chi connectivity index (χ1) is 3.77. The maximum Gasteiger partial charge on any atom is 0.279 e. The fourth-order valence-corrected chi connectivity index (χ4v) is 0.323. The van der Waals surface area contributed by atoms with E-state index in [1.54, 1.807) is 6.20 Å². The Hall–Kier alpha value is -0.440. The van der Waals surface area contributed by atoms with Gasteiger partial charge in [-0.2, -0.15) is 0 Å². The van der Waals surface area contributed by atoms with Gasteiger partial charge < -0.3 is 5.32 Å². The van der Waals surface area contributed by atoms with E-state index in [4.69, 9.17) is 0 Å². The van der Waals surface area contributed by atoms with Crippen molar-refractivity contribution in [3.05, 3.63) is 12.3 Å². The zero-order chi connectivity index (χ0) is 6.41. The number of carbonyl (C=O) groups is 1. The molecule has 8 heavy (non-hydrogen) atoms. The molecule has 0 rings (SSSR count). The normalized spacial score (nSPS) is 9.75. The lowest BCUT2D eigenvalue weighted by Crippen LogP contribution is -2.06. The van der Waals surface area contributed by atoms with Crippen LogP contribution in [0, 0.1) is 0 Å². The van der Waals surface area contributed by atoms with Gasteiger partial charge in [0, 0.05) is 6.20 Å². The summed E-state index contributed by atoms with van der Waals surface area (Å²) in [5.41, 5.74) is 0. The quantitative estimate of drug-likeness (QED) is 0.547. The largest absolute Gasteiger partial charge is 0.324 e. The van der Waals surface area contributed by atoms with Gasteiger partial charge in [-0.15, -0.1) is 0 Å². The molecule has 0 saturated heterocycles. The molecule has 0 fully saturated rings. The highest BCUT2D eigenvalue weighted by molar-refractivity contribution is 7.96. The standard InChI is InChI=1S/C5H9NOS/c1-2-3-4-6-5(7)8/h3-4H,2H2,1H3,(H2,6,7,8)/b4-3+. The number of thiol groups is 1. The number of nitrogens with one attached hydrogen (secondary N) is 1. The highest BCUT2D eigenvalue weighted by atomic mass is 32.1. The van der Waals surface area contributed by atoms with Gasteiger partial charge in [-0.1, -0.05) is 25.6 Å². The minimum atomic E-state index is -0.324. The van der Waals surface area contributed by atoms with Gasteiger partial charge in [0.1, 0.15) is 0 Å². The van der Waals surface area contributed by atoms with Crippen LogP contribution in [0.5, 0.6) is 0 Å². The van der Waals surface area contributed by atoms with Gasteiger partial charge in [0.2, 0.25) is 0 Å². The molecule has 0 spiro atoms. The fraction of sp³-hybridized carbons (Fsp3) is 0.400. The van der Waals surface area contributed by atoms with E-state index in [1.165, 1.54) is 0 Å². The van der Waals surface area contributed by atoms with Crippen LogP contribution in [0.1, 0.15) is 13.3 Å². The number of amides is 1. The predicted octanol–water partition coefficient (Wildman–Crippen LogP) is 1.55. The van der Waals surface area contributed by atoms with Crippen molar-refractivity contribution >= 4 is 17.9 Å². The van der Waals surface area contributed by atoms with Gasteiger partial charge in [-0.05, 0) is 6.42 Å².